The van der Waals surface area contributed by atoms with Crippen LogP contribution in [0.1, 0.15) is 71.3 Å². The molecule has 1 N–H and O–H groups in total. The number of hydrogen-bond acceptors (Lipinski definition) is 5. The van der Waals surface area contributed by atoms with Crippen LogP contribution in [-0.4, -0.2) is 29.0 Å². The Labute approximate surface area is 189 Å². The summed E-state index contributed by atoms with van der Waals surface area (Å²) in [5, 5.41) is 2.47. The molecule has 0 saturated carbocycles. The number of aromatic nitrogens is 1. The highest BCUT2D eigenvalue weighted by atomic mass is 19.3. The largest absolute Gasteiger partial charge is 0.459 e. The molecule has 1 aromatic heterocycles. The van der Waals surface area contributed by atoms with E-state index in [2.05, 4.69) is 10.3 Å². The zero-order valence-corrected chi connectivity index (χ0v) is 20.1. The van der Waals surface area contributed by atoms with Gasteiger partial charge in [0, 0.05) is 30.3 Å². The van der Waals surface area contributed by atoms with Crippen molar-refractivity contribution in [2.75, 3.05) is 6.54 Å². The molecule has 0 aliphatic carbocycles. The van der Waals surface area contributed by atoms with E-state index in [0.29, 0.717) is 11.3 Å². The molecule has 0 atom stereocenters. The van der Waals surface area contributed by atoms with Crippen LogP contribution < -0.4 is 10.1 Å². The normalized spacial score (nSPS) is 10.6. The lowest BCUT2D eigenvalue weighted by Crippen LogP contribution is -2.34. The quantitative estimate of drug-likeness (QED) is 0.535. The molecule has 0 bridgehead atoms. The van der Waals surface area contributed by atoms with Crippen molar-refractivity contribution in [3.05, 3.63) is 53.7 Å². The van der Waals surface area contributed by atoms with Gasteiger partial charge in [0.15, 0.2) is 0 Å². The highest BCUT2D eigenvalue weighted by Crippen LogP contribution is 2.28. The number of halogens is 2. The highest BCUT2D eigenvalue weighted by Gasteiger charge is 2.24. The number of benzene rings is 1. The summed E-state index contributed by atoms with van der Waals surface area (Å²) in [4.78, 5) is 27.5. The van der Waals surface area contributed by atoms with Crippen LogP contribution >= 0.6 is 0 Å². The summed E-state index contributed by atoms with van der Waals surface area (Å²) >= 11 is 0. The van der Waals surface area contributed by atoms with Gasteiger partial charge in [0.1, 0.15) is 17.9 Å². The summed E-state index contributed by atoms with van der Waals surface area (Å²) in [5.41, 5.74) is -0.512. The van der Waals surface area contributed by atoms with Gasteiger partial charge in [-0.15, -0.1) is 0 Å². The molecule has 0 fully saturated rings. The summed E-state index contributed by atoms with van der Waals surface area (Å²) in [7, 11) is 0. The molecule has 32 heavy (non-hydrogen) atoms. The van der Waals surface area contributed by atoms with Crippen LogP contribution in [-0.2, 0) is 15.5 Å². The van der Waals surface area contributed by atoms with Crippen molar-refractivity contribution in [3.8, 4) is 11.6 Å². The van der Waals surface area contributed by atoms with Gasteiger partial charge in [-0.05, 0) is 51.1 Å². The van der Waals surface area contributed by atoms with Gasteiger partial charge < -0.3 is 14.8 Å². The molecule has 0 aliphatic heterocycles. The molecule has 6 nitrogen and oxygen atoms in total. The molecule has 2 aromatic rings. The Morgan fingerprint density at radius 3 is 1.94 bits per heavy atom. The number of esters is 1. The number of rotatable bonds is 6. The zero-order valence-electron chi connectivity index (χ0n) is 20.1. The minimum atomic E-state index is -2.97. The lowest BCUT2D eigenvalue weighted by atomic mass is 10.2. The fraction of sp³-hybridized carbons (Fsp3) is 0.458. The summed E-state index contributed by atoms with van der Waals surface area (Å²) in [5.74, 6) is -3.42. The molecule has 1 amide bonds. The summed E-state index contributed by atoms with van der Waals surface area (Å²) in [6.45, 7) is 13.8. The Hall–Kier alpha value is -3.03. The number of carbonyl (C=O) groups is 2. The Balaban J connectivity index is 0.00000227. The number of pyridine rings is 1. The predicted octanol–water partition coefficient (Wildman–Crippen LogP) is 6.11. The van der Waals surface area contributed by atoms with E-state index in [0.717, 1.165) is 13.1 Å². The van der Waals surface area contributed by atoms with Gasteiger partial charge in [-0.2, -0.15) is 0 Å². The summed E-state index contributed by atoms with van der Waals surface area (Å²) in [6, 6.07) is 8.66. The van der Waals surface area contributed by atoms with Crippen molar-refractivity contribution in [2.24, 2.45) is 0 Å². The van der Waals surface area contributed by atoms with Gasteiger partial charge in [0.25, 0.3) is 11.8 Å². The maximum absolute atomic E-state index is 13.2. The molecule has 2 rings (SSSR count). The minimum Gasteiger partial charge on any atom is -0.459 e. The first-order valence-corrected chi connectivity index (χ1v) is 10.6. The molecule has 0 unspecified atom stereocenters. The third-order valence-electron chi connectivity index (χ3n) is 3.40. The van der Waals surface area contributed by atoms with Crippen LogP contribution in [0.4, 0.5) is 8.78 Å². The number of hydrogen-bond donors (Lipinski definition) is 1. The topological polar surface area (TPSA) is 77.5 Å². The monoisotopic (exact) mass is 452 g/mol. The lowest BCUT2D eigenvalue weighted by molar-refractivity contribution is -0.153. The van der Waals surface area contributed by atoms with Crippen LogP contribution in [0.25, 0.3) is 0 Å². The average molecular weight is 453 g/mol. The van der Waals surface area contributed by atoms with E-state index in [1.807, 2.05) is 27.7 Å². The Morgan fingerprint density at radius 1 is 0.938 bits per heavy atom. The van der Waals surface area contributed by atoms with Gasteiger partial charge in [0.05, 0.1) is 0 Å². The maximum atomic E-state index is 13.2. The maximum Gasteiger partial charge on any atom is 0.325 e. The first kappa shape index (κ1) is 29.0. The third-order valence-corrected chi connectivity index (χ3v) is 3.40. The van der Waals surface area contributed by atoms with Crippen LogP contribution in [0.2, 0.25) is 0 Å². The number of nitrogens with one attached hydrogen (secondary N) is 1. The van der Waals surface area contributed by atoms with Crippen molar-refractivity contribution in [2.45, 2.75) is 66.9 Å². The third kappa shape index (κ3) is 10.8. The zero-order chi connectivity index (χ0) is 24.9. The second kappa shape index (κ2) is 13.4. The molecule has 8 heteroatoms. The SMILES string of the molecule is CC.CC.CC(C)(C)OC(=O)CNC(=O)c1ccc(Oc2ccc(C(C)(F)F)cn2)cc1. The van der Waals surface area contributed by atoms with Crippen LogP contribution in [0.5, 0.6) is 11.6 Å². The Kier molecular flexibility index (Phi) is 12.1. The van der Waals surface area contributed by atoms with Crippen LogP contribution in [0, 0.1) is 0 Å². The first-order valence-electron chi connectivity index (χ1n) is 10.6. The number of nitrogens with zero attached hydrogens (tertiary/aromatic N) is 1. The van der Waals surface area contributed by atoms with Crippen molar-refractivity contribution in [3.63, 3.8) is 0 Å². The molecular weight excluding hydrogens is 418 g/mol. The van der Waals surface area contributed by atoms with Gasteiger partial charge in [0.2, 0.25) is 5.88 Å². The predicted molar refractivity (Wildman–Crippen MR) is 121 cm³/mol. The molecule has 0 saturated heterocycles. The van der Waals surface area contributed by atoms with E-state index < -0.39 is 23.4 Å². The Bertz CT molecular complexity index is 825. The molecule has 0 spiro atoms. The van der Waals surface area contributed by atoms with Crippen molar-refractivity contribution >= 4 is 11.9 Å². The summed E-state index contributed by atoms with van der Waals surface area (Å²) < 4.78 is 36.9. The van der Waals surface area contributed by atoms with E-state index >= 15 is 0 Å². The van der Waals surface area contributed by atoms with Crippen molar-refractivity contribution in [1.29, 1.82) is 0 Å². The van der Waals surface area contributed by atoms with Gasteiger partial charge in [-0.25, -0.2) is 13.8 Å². The van der Waals surface area contributed by atoms with E-state index in [1.165, 1.54) is 36.4 Å². The van der Waals surface area contributed by atoms with E-state index in [4.69, 9.17) is 9.47 Å². The Morgan fingerprint density at radius 2 is 1.50 bits per heavy atom. The van der Waals surface area contributed by atoms with E-state index in [9.17, 15) is 18.4 Å². The number of carbonyl (C=O) groups excluding carboxylic acids is 2. The molecule has 178 valence electrons. The standard InChI is InChI=1S/C20H22F2N2O4.2C2H6/c1-19(2,3)28-17(25)12-24-18(26)13-5-8-15(9-6-13)27-16-10-7-14(11-23-16)20(4,21)22;2*1-2/h5-11H,12H2,1-4H3,(H,24,26);2*1-2H3. The average Bonchev–Trinajstić information content (AvgIpc) is 2.74. The van der Waals surface area contributed by atoms with E-state index in [-0.39, 0.29) is 18.0 Å². The van der Waals surface area contributed by atoms with Gasteiger partial charge in [-0.1, -0.05) is 27.7 Å². The van der Waals surface area contributed by atoms with Gasteiger partial charge in [-0.3, -0.25) is 9.59 Å². The minimum absolute atomic E-state index is 0.148. The summed E-state index contributed by atoms with van der Waals surface area (Å²) in [6.07, 6.45) is 1.05. The fourth-order valence-corrected chi connectivity index (χ4v) is 2.13. The number of ether oxygens (including phenoxy) is 2. The second-order valence-corrected chi connectivity index (χ2v) is 7.17. The fourth-order valence-electron chi connectivity index (χ4n) is 2.13. The molecular formula is C24H34F2N2O4. The molecule has 1 aromatic carbocycles. The number of alkyl halides is 2. The smallest absolute Gasteiger partial charge is 0.325 e. The van der Waals surface area contributed by atoms with Crippen LogP contribution in [0.15, 0.2) is 42.6 Å². The number of amides is 1. The molecule has 0 aliphatic rings. The first-order chi connectivity index (χ1) is 14.9. The highest BCUT2D eigenvalue weighted by molar-refractivity contribution is 5.96. The molecule has 0 radical (unpaired) electrons. The van der Waals surface area contributed by atoms with Gasteiger partial charge >= 0.3 is 5.97 Å². The lowest BCUT2D eigenvalue weighted by Gasteiger charge is -2.19. The van der Waals surface area contributed by atoms with E-state index in [1.54, 1.807) is 20.8 Å². The van der Waals surface area contributed by atoms with Crippen molar-refractivity contribution < 1.29 is 27.8 Å². The van der Waals surface area contributed by atoms with Crippen LogP contribution in [0.3, 0.4) is 0 Å². The second-order valence-electron chi connectivity index (χ2n) is 7.17. The molecule has 1 heterocycles. The van der Waals surface area contributed by atoms with Crippen molar-refractivity contribution in [1.82, 2.24) is 10.3 Å².